The number of para-hydroxylation sites is 2. The molecule has 0 heterocycles. The van der Waals surface area contributed by atoms with Crippen molar-refractivity contribution in [1.29, 1.82) is 0 Å². The molecule has 0 aliphatic heterocycles. The second kappa shape index (κ2) is 39.2. The molecule has 0 saturated heterocycles. The molecule has 1 saturated carbocycles. The molecule has 2 N–H and O–H groups in total. The lowest BCUT2D eigenvalue weighted by atomic mass is 9.87. The van der Waals surface area contributed by atoms with E-state index in [-0.39, 0.29) is 0 Å². The number of aryl methyl sites for hydroxylation is 2. The normalized spacial score (nSPS) is 16.6. The standard InChI is InChI=1S/C30H32O2.C21H26O2.C17H24.C2H6.C2H4/c1-5-14-23-15-10-8-7-9-11-16-24(26(23)6-2)21-25-19-22(3)20-28(30(25)31)27-17-12-13-18-29(27)32-4;1-16-11-12-20(22)19(15-16)18-9-5-6-10-21(18)23-14-13-17-7-3-2-4-8-17;1-5-7-9-13-17(4)15-11-8-10-14-16(3)12-6-2;2*1-2/h5-9,11-15,17-20,31H,2,10,16,21H2,1,3-4H3;5-6,9-12,15,17,22H,2-4,7-8,13-14H2,1H3;5-8,10-11,13-15H,2,9,12H2,1,3-4H3;1-2H3;1-2H2/b8-7-,11-9-,14-5-,23-15-,26-24+;;7-5-,10-8-,15-11-,16-14+,17-13+;;. The van der Waals surface area contributed by atoms with Gasteiger partial charge in [-0.1, -0.05) is 227 Å². The molecule has 1 fully saturated rings. The molecular formula is C72H92O4. The topological polar surface area (TPSA) is 58.9 Å². The zero-order chi connectivity index (χ0) is 55.9. The Morgan fingerprint density at radius 1 is 0.750 bits per heavy atom. The van der Waals surface area contributed by atoms with Crippen LogP contribution in [0.2, 0.25) is 0 Å². The fourth-order valence-corrected chi connectivity index (χ4v) is 8.86. The molecule has 4 heteroatoms. The maximum Gasteiger partial charge on any atom is 0.127 e. The number of benzene rings is 4. The first kappa shape index (κ1) is 64.8. The quantitative estimate of drug-likeness (QED) is 0.0770. The molecule has 2 aliphatic rings. The summed E-state index contributed by atoms with van der Waals surface area (Å²) in [7, 11) is 1.66. The van der Waals surface area contributed by atoms with E-state index in [4.69, 9.17) is 9.47 Å². The molecule has 404 valence electrons. The predicted octanol–water partition coefficient (Wildman–Crippen LogP) is 20.9. The number of methoxy groups -OCH3 is 1. The minimum atomic E-state index is 0.300. The summed E-state index contributed by atoms with van der Waals surface area (Å²) in [4.78, 5) is 0. The molecule has 0 bridgehead atoms. The summed E-state index contributed by atoms with van der Waals surface area (Å²) >= 11 is 0. The summed E-state index contributed by atoms with van der Waals surface area (Å²) in [5.74, 6) is 3.04. The Morgan fingerprint density at radius 2 is 1.42 bits per heavy atom. The van der Waals surface area contributed by atoms with Crippen LogP contribution in [0.3, 0.4) is 0 Å². The number of hydrogen-bond donors (Lipinski definition) is 2. The Hall–Kier alpha value is -7.30. The first-order chi connectivity index (χ1) is 37.0. The van der Waals surface area contributed by atoms with Crippen molar-refractivity contribution in [3.05, 3.63) is 253 Å². The number of allylic oxidation sites excluding steroid dienone is 22. The van der Waals surface area contributed by atoms with Crippen molar-refractivity contribution in [3.63, 3.8) is 0 Å². The fourth-order valence-electron chi connectivity index (χ4n) is 8.86. The molecule has 76 heavy (non-hydrogen) atoms. The van der Waals surface area contributed by atoms with E-state index < -0.39 is 0 Å². The highest BCUT2D eigenvalue weighted by molar-refractivity contribution is 5.78. The monoisotopic (exact) mass is 1020 g/mol. The van der Waals surface area contributed by atoms with Crippen LogP contribution in [0.1, 0.15) is 122 Å². The number of phenols is 2. The van der Waals surface area contributed by atoms with E-state index in [1.807, 2.05) is 114 Å². The molecule has 4 aromatic rings. The van der Waals surface area contributed by atoms with Gasteiger partial charge in [-0.05, 0) is 139 Å². The number of ether oxygens (including phenoxy) is 2. The van der Waals surface area contributed by atoms with Gasteiger partial charge in [-0.15, -0.1) is 19.7 Å². The van der Waals surface area contributed by atoms with Gasteiger partial charge in [-0.25, -0.2) is 0 Å². The highest BCUT2D eigenvalue weighted by Crippen LogP contribution is 2.41. The van der Waals surface area contributed by atoms with E-state index in [2.05, 4.69) is 144 Å². The Balaban J connectivity index is 0.000000396. The molecule has 0 amide bonds. The van der Waals surface area contributed by atoms with Gasteiger partial charge in [0.15, 0.2) is 0 Å². The van der Waals surface area contributed by atoms with Crippen LogP contribution in [0.15, 0.2) is 236 Å². The Labute approximate surface area is 461 Å². The number of phenolic OH excluding ortho intramolecular Hbond substituents is 2. The van der Waals surface area contributed by atoms with Crippen molar-refractivity contribution in [2.75, 3.05) is 13.7 Å². The molecule has 2 aliphatic carbocycles. The van der Waals surface area contributed by atoms with Gasteiger partial charge in [0, 0.05) is 22.3 Å². The molecular weight excluding hydrogens is 929 g/mol. The summed E-state index contributed by atoms with van der Waals surface area (Å²) in [5, 5.41) is 21.5. The lowest BCUT2D eigenvalue weighted by Crippen LogP contribution is -2.11. The number of aromatic hydroxyl groups is 2. The van der Waals surface area contributed by atoms with Crippen molar-refractivity contribution in [3.8, 4) is 45.3 Å². The highest BCUT2D eigenvalue weighted by atomic mass is 16.5. The lowest BCUT2D eigenvalue weighted by molar-refractivity contribution is 0.247. The van der Waals surface area contributed by atoms with Gasteiger partial charge in [-0.3, -0.25) is 0 Å². The van der Waals surface area contributed by atoms with Gasteiger partial charge >= 0.3 is 0 Å². The largest absolute Gasteiger partial charge is 0.507 e. The fraction of sp³-hybridized carbons (Fsp3) is 0.306. The third kappa shape index (κ3) is 23.5. The average molecular weight is 1020 g/mol. The van der Waals surface area contributed by atoms with E-state index in [9.17, 15) is 10.2 Å². The highest BCUT2D eigenvalue weighted by Gasteiger charge is 2.18. The van der Waals surface area contributed by atoms with Gasteiger partial charge < -0.3 is 19.7 Å². The van der Waals surface area contributed by atoms with E-state index in [0.717, 1.165) is 106 Å². The minimum Gasteiger partial charge on any atom is -0.507 e. The zero-order valence-corrected chi connectivity index (χ0v) is 47.9. The van der Waals surface area contributed by atoms with E-state index in [1.165, 1.54) is 48.8 Å². The predicted molar refractivity (Wildman–Crippen MR) is 334 cm³/mol. The SMILES string of the molecule is C=C.C=C/C1=C(\Cc2cc(C)cc(-c3ccccc3OC)c2O)C/C=C\C=C/C/C=C1/C=C\C.C=CC/C(C)=C/C=C\C=C/C(C)=C/C/C=C\C.CC.Cc1ccc(O)c(-c2ccccc2OCCC2CCCCC2)c1. The molecule has 4 nitrogen and oxygen atoms in total. The lowest BCUT2D eigenvalue weighted by Gasteiger charge is -2.21. The smallest absolute Gasteiger partial charge is 0.127 e. The van der Waals surface area contributed by atoms with Crippen LogP contribution in [-0.2, 0) is 6.42 Å². The van der Waals surface area contributed by atoms with Crippen LogP contribution in [0.25, 0.3) is 22.3 Å². The third-order valence-electron chi connectivity index (χ3n) is 12.7. The van der Waals surface area contributed by atoms with E-state index in [1.54, 1.807) is 13.2 Å². The van der Waals surface area contributed by atoms with Gasteiger partial charge in [0.05, 0.1) is 13.7 Å². The van der Waals surface area contributed by atoms with Gasteiger partial charge in [0.2, 0.25) is 0 Å². The summed E-state index contributed by atoms with van der Waals surface area (Å²) in [6.45, 7) is 31.0. The van der Waals surface area contributed by atoms with E-state index >= 15 is 0 Å². The van der Waals surface area contributed by atoms with Crippen LogP contribution in [0.5, 0.6) is 23.0 Å². The molecule has 0 unspecified atom stereocenters. The van der Waals surface area contributed by atoms with Gasteiger partial charge in [0.25, 0.3) is 0 Å². The van der Waals surface area contributed by atoms with Crippen molar-refractivity contribution in [2.24, 2.45) is 5.92 Å². The molecule has 0 atom stereocenters. The Kier molecular flexibility index (Phi) is 33.4. The van der Waals surface area contributed by atoms with Gasteiger partial charge in [0.1, 0.15) is 23.0 Å². The Morgan fingerprint density at radius 3 is 2.09 bits per heavy atom. The van der Waals surface area contributed by atoms with Crippen molar-refractivity contribution in [2.45, 2.75) is 126 Å². The maximum absolute atomic E-state index is 11.3. The van der Waals surface area contributed by atoms with Crippen molar-refractivity contribution >= 4 is 0 Å². The third-order valence-corrected chi connectivity index (χ3v) is 12.7. The van der Waals surface area contributed by atoms with Crippen LogP contribution in [0.4, 0.5) is 0 Å². The van der Waals surface area contributed by atoms with E-state index in [0.29, 0.717) is 17.9 Å². The summed E-state index contributed by atoms with van der Waals surface area (Å²) in [6.07, 6.45) is 47.9. The molecule has 0 aromatic heterocycles. The minimum absolute atomic E-state index is 0.300. The Bertz CT molecular complexity index is 2680. The number of hydrogen-bond acceptors (Lipinski definition) is 4. The van der Waals surface area contributed by atoms with Crippen LogP contribution in [0, 0.1) is 19.8 Å². The van der Waals surface area contributed by atoms with Crippen molar-refractivity contribution in [1.82, 2.24) is 0 Å². The summed E-state index contributed by atoms with van der Waals surface area (Å²) in [6, 6.07) is 25.6. The first-order valence-electron chi connectivity index (χ1n) is 27.4. The van der Waals surface area contributed by atoms with Gasteiger partial charge in [-0.2, -0.15) is 0 Å². The second-order valence-electron chi connectivity index (χ2n) is 18.5. The molecule has 6 rings (SSSR count). The molecule has 0 radical (unpaired) electrons. The molecule has 0 spiro atoms. The summed E-state index contributed by atoms with van der Waals surface area (Å²) in [5.41, 5.74) is 12.8. The van der Waals surface area contributed by atoms with Crippen LogP contribution >= 0.6 is 0 Å². The number of rotatable bonds is 18. The first-order valence-corrected chi connectivity index (χ1v) is 27.4. The average Bonchev–Trinajstić information content (AvgIpc) is 3.44. The second-order valence-corrected chi connectivity index (χ2v) is 18.5. The van der Waals surface area contributed by atoms with Crippen molar-refractivity contribution < 1.29 is 19.7 Å². The maximum atomic E-state index is 11.3. The zero-order valence-electron chi connectivity index (χ0n) is 47.9. The molecule has 4 aromatic carbocycles. The summed E-state index contributed by atoms with van der Waals surface area (Å²) < 4.78 is 11.6. The van der Waals surface area contributed by atoms with Crippen LogP contribution in [-0.4, -0.2) is 23.9 Å². The van der Waals surface area contributed by atoms with Crippen LogP contribution < -0.4 is 9.47 Å².